The summed E-state index contributed by atoms with van der Waals surface area (Å²) < 4.78 is 34.1. The summed E-state index contributed by atoms with van der Waals surface area (Å²) in [5, 5.41) is 11.8. The van der Waals surface area contributed by atoms with E-state index in [-0.39, 0.29) is 29.1 Å². The number of ether oxygens (including phenoxy) is 1. The fraction of sp³-hybridized carbons (Fsp3) is 0.458. The standard InChI is InChI=1S/C24H27BrF2N6O3/c1-13-7-16(17-8-14(10-28)9-18(29)31-17)20(25)32-19(13)21(34)33-12-24(26,27)6-5-15(33)11-30-22(35)36-23(2,3)4/h7-9,15H,5-6,11-12H2,1-4H3,(H2,29,31)(H,30,35)/t15-/m1/s1. The molecule has 0 unspecified atom stereocenters. The van der Waals surface area contributed by atoms with E-state index in [0.29, 0.717) is 22.4 Å². The van der Waals surface area contributed by atoms with Crippen molar-refractivity contribution in [3.05, 3.63) is 39.6 Å². The molecule has 0 saturated carbocycles. The van der Waals surface area contributed by atoms with Crippen molar-refractivity contribution in [1.82, 2.24) is 20.2 Å². The molecule has 9 nitrogen and oxygen atoms in total. The SMILES string of the molecule is Cc1cc(-c2cc(C#N)cc(N)n2)c(Br)nc1C(=O)N1CC(F)(F)CC[C@@H]1CNC(=O)OC(C)(C)C. The molecule has 0 spiro atoms. The number of hydrogen-bond acceptors (Lipinski definition) is 7. The van der Waals surface area contributed by atoms with Gasteiger partial charge in [0.15, 0.2) is 0 Å². The van der Waals surface area contributed by atoms with Crippen LogP contribution in [0.15, 0.2) is 22.8 Å². The van der Waals surface area contributed by atoms with Crippen molar-refractivity contribution in [2.24, 2.45) is 0 Å². The number of aryl methyl sites for hydroxylation is 1. The highest BCUT2D eigenvalue weighted by molar-refractivity contribution is 9.10. The largest absolute Gasteiger partial charge is 0.444 e. The van der Waals surface area contributed by atoms with Gasteiger partial charge in [0.05, 0.1) is 29.9 Å². The Morgan fingerprint density at radius 3 is 2.67 bits per heavy atom. The molecule has 0 aliphatic carbocycles. The van der Waals surface area contributed by atoms with Gasteiger partial charge in [-0.25, -0.2) is 23.5 Å². The van der Waals surface area contributed by atoms with Crippen LogP contribution in [0.5, 0.6) is 0 Å². The number of likely N-dealkylation sites (tertiary alicyclic amines) is 1. The predicted octanol–water partition coefficient (Wildman–Crippen LogP) is 4.43. The lowest BCUT2D eigenvalue weighted by atomic mass is 9.98. The number of nitrogens with one attached hydrogen (secondary N) is 1. The lowest BCUT2D eigenvalue weighted by molar-refractivity contribution is -0.0718. The minimum Gasteiger partial charge on any atom is -0.444 e. The van der Waals surface area contributed by atoms with Crippen molar-refractivity contribution in [1.29, 1.82) is 5.26 Å². The molecule has 2 aromatic rings. The zero-order valence-corrected chi connectivity index (χ0v) is 21.9. The highest BCUT2D eigenvalue weighted by atomic mass is 79.9. The van der Waals surface area contributed by atoms with E-state index in [1.807, 2.05) is 6.07 Å². The number of piperidine rings is 1. The second-order valence-electron chi connectivity index (χ2n) is 9.63. The van der Waals surface area contributed by atoms with Crippen LogP contribution >= 0.6 is 15.9 Å². The monoisotopic (exact) mass is 564 g/mol. The fourth-order valence-corrected chi connectivity index (χ4v) is 4.33. The third-order valence-electron chi connectivity index (χ3n) is 5.45. The molecule has 0 bridgehead atoms. The topological polar surface area (TPSA) is 134 Å². The van der Waals surface area contributed by atoms with E-state index in [1.165, 1.54) is 12.1 Å². The number of hydrogen-bond donors (Lipinski definition) is 2. The zero-order chi connectivity index (χ0) is 26.8. The summed E-state index contributed by atoms with van der Waals surface area (Å²) in [6, 6.07) is 5.92. The van der Waals surface area contributed by atoms with Crippen molar-refractivity contribution in [2.45, 2.75) is 58.1 Å². The van der Waals surface area contributed by atoms with Crippen molar-refractivity contribution in [2.75, 3.05) is 18.8 Å². The number of anilines is 1. The third-order valence-corrected chi connectivity index (χ3v) is 6.05. The zero-order valence-electron chi connectivity index (χ0n) is 20.4. The Morgan fingerprint density at radius 1 is 1.33 bits per heavy atom. The maximum Gasteiger partial charge on any atom is 0.407 e. The van der Waals surface area contributed by atoms with E-state index < -0.39 is 42.5 Å². The molecule has 3 heterocycles. The van der Waals surface area contributed by atoms with Gasteiger partial charge >= 0.3 is 6.09 Å². The molecule has 192 valence electrons. The summed E-state index contributed by atoms with van der Waals surface area (Å²) in [6.07, 6.45) is -1.11. The fourth-order valence-electron chi connectivity index (χ4n) is 3.83. The van der Waals surface area contributed by atoms with Crippen LogP contribution < -0.4 is 11.1 Å². The Bertz CT molecular complexity index is 1230. The maximum atomic E-state index is 14.3. The quantitative estimate of drug-likeness (QED) is 0.524. The van der Waals surface area contributed by atoms with Crippen molar-refractivity contribution < 1.29 is 23.1 Å². The Labute approximate surface area is 216 Å². The molecule has 3 rings (SSSR count). The van der Waals surface area contributed by atoms with Crippen LogP contribution in [0.4, 0.5) is 19.4 Å². The number of alkyl carbamates (subject to hydrolysis) is 1. The maximum absolute atomic E-state index is 14.3. The van der Waals surface area contributed by atoms with E-state index in [9.17, 15) is 23.6 Å². The summed E-state index contributed by atoms with van der Waals surface area (Å²) in [5.74, 6) is -3.61. The molecule has 0 aromatic carbocycles. The minimum atomic E-state index is -3.07. The van der Waals surface area contributed by atoms with Crippen molar-refractivity contribution in [3.8, 4) is 17.3 Å². The number of halogens is 3. The first-order valence-corrected chi connectivity index (χ1v) is 12.0. The number of nitriles is 1. The molecule has 2 aromatic heterocycles. The van der Waals surface area contributed by atoms with Gasteiger partial charge in [-0.1, -0.05) is 0 Å². The molecule has 2 amide bonds. The molecule has 1 aliphatic heterocycles. The van der Waals surface area contributed by atoms with E-state index >= 15 is 0 Å². The lowest BCUT2D eigenvalue weighted by Crippen LogP contribution is -2.55. The summed E-state index contributed by atoms with van der Waals surface area (Å²) in [7, 11) is 0. The second-order valence-corrected chi connectivity index (χ2v) is 10.4. The number of alkyl halides is 2. The first kappa shape index (κ1) is 27.3. The molecule has 1 saturated heterocycles. The van der Waals surface area contributed by atoms with Gasteiger partial charge in [-0.05, 0) is 73.8 Å². The van der Waals surface area contributed by atoms with Crippen LogP contribution in [0.25, 0.3) is 11.3 Å². The van der Waals surface area contributed by atoms with Gasteiger partial charge in [0.1, 0.15) is 21.7 Å². The van der Waals surface area contributed by atoms with Gasteiger partial charge in [-0.2, -0.15) is 5.26 Å². The molecule has 36 heavy (non-hydrogen) atoms. The number of nitrogen functional groups attached to an aromatic ring is 1. The number of amides is 2. The van der Waals surface area contributed by atoms with E-state index in [1.54, 1.807) is 33.8 Å². The van der Waals surface area contributed by atoms with Gasteiger partial charge in [0.25, 0.3) is 11.8 Å². The Morgan fingerprint density at radius 2 is 2.03 bits per heavy atom. The molecule has 1 fully saturated rings. The summed E-state index contributed by atoms with van der Waals surface area (Å²) in [4.78, 5) is 35.1. The number of pyridine rings is 2. The average molecular weight is 565 g/mol. The highest BCUT2D eigenvalue weighted by Gasteiger charge is 2.43. The van der Waals surface area contributed by atoms with E-state index in [2.05, 4.69) is 31.2 Å². The van der Waals surface area contributed by atoms with Crippen LogP contribution in [0.2, 0.25) is 0 Å². The molecule has 1 atom stereocenters. The van der Waals surface area contributed by atoms with E-state index in [4.69, 9.17) is 10.5 Å². The Kier molecular flexibility index (Phi) is 7.83. The third kappa shape index (κ3) is 6.66. The number of rotatable bonds is 4. The molecule has 1 aliphatic rings. The van der Waals surface area contributed by atoms with Crippen LogP contribution in [0.1, 0.15) is 55.2 Å². The van der Waals surface area contributed by atoms with Gasteiger partial charge < -0.3 is 20.7 Å². The summed E-state index contributed by atoms with van der Waals surface area (Å²) in [5.41, 5.74) is 6.64. The molecule has 0 radical (unpaired) electrons. The molecular formula is C24H27BrF2N6O3. The minimum absolute atomic E-state index is 0.00299. The number of carbonyl (C=O) groups is 2. The van der Waals surface area contributed by atoms with Gasteiger partial charge in [0, 0.05) is 18.5 Å². The average Bonchev–Trinajstić information content (AvgIpc) is 2.77. The van der Waals surface area contributed by atoms with Crippen molar-refractivity contribution >= 4 is 33.7 Å². The lowest BCUT2D eigenvalue weighted by Gasteiger charge is -2.39. The Balaban J connectivity index is 1.89. The van der Waals surface area contributed by atoms with Gasteiger partial charge in [-0.15, -0.1) is 0 Å². The van der Waals surface area contributed by atoms with E-state index in [0.717, 1.165) is 4.90 Å². The van der Waals surface area contributed by atoms with Gasteiger partial charge in [0.2, 0.25) is 0 Å². The van der Waals surface area contributed by atoms with Crippen LogP contribution in [-0.4, -0.2) is 57.5 Å². The smallest absolute Gasteiger partial charge is 0.407 e. The molecule has 12 heteroatoms. The predicted molar refractivity (Wildman–Crippen MR) is 132 cm³/mol. The summed E-state index contributed by atoms with van der Waals surface area (Å²) in [6.45, 7) is 5.91. The normalized spacial score (nSPS) is 17.3. The highest BCUT2D eigenvalue weighted by Crippen LogP contribution is 2.33. The van der Waals surface area contributed by atoms with Crippen molar-refractivity contribution in [3.63, 3.8) is 0 Å². The molecule has 3 N–H and O–H groups in total. The number of nitrogens with two attached hydrogens (primary N) is 1. The number of nitrogens with zero attached hydrogens (tertiary/aromatic N) is 4. The Hall–Kier alpha value is -3.33. The number of carbonyl (C=O) groups excluding carboxylic acids is 2. The molecular weight excluding hydrogens is 538 g/mol. The second kappa shape index (κ2) is 10.3. The van der Waals surface area contributed by atoms with Crippen LogP contribution in [0.3, 0.4) is 0 Å². The number of aromatic nitrogens is 2. The van der Waals surface area contributed by atoms with Crippen LogP contribution in [0, 0.1) is 18.3 Å². The van der Waals surface area contributed by atoms with Crippen LogP contribution in [-0.2, 0) is 4.74 Å². The summed E-state index contributed by atoms with van der Waals surface area (Å²) >= 11 is 3.33. The first-order chi connectivity index (χ1) is 16.7. The van der Waals surface area contributed by atoms with Gasteiger partial charge in [-0.3, -0.25) is 4.79 Å². The first-order valence-electron chi connectivity index (χ1n) is 11.2.